The van der Waals surface area contributed by atoms with Crippen molar-refractivity contribution in [1.82, 2.24) is 9.97 Å². The normalized spacial score (nSPS) is 12.1. The summed E-state index contributed by atoms with van der Waals surface area (Å²) < 4.78 is 11.5. The number of benzene rings is 1. The number of rotatable bonds is 13. The molecule has 9 heteroatoms. The van der Waals surface area contributed by atoms with Crippen LogP contribution in [0.1, 0.15) is 45.9 Å². The van der Waals surface area contributed by atoms with Gasteiger partial charge >= 0.3 is 5.97 Å². The summed E-state index contributed by atoms with van der Waals surface area (Å²) in [5.41, 5.74) is 1.11. The average Bonchev–Trinajstić information content (AvgIpc) is 2.94. The number of nitrogens with zero attached hydrogens (tertiary/aromatic N) is 3. The summed E-state index contributed by atoms with van der Waals surface area (Å²) in [5.74, 6) is 1.04. The van der Waals surface area contributed by atoms with E-state index < -0.39 is 22.9 Å². The van der Waals surface area contributed by atoms with Gasteiger partial charge in [-0.2, -0.15) is 0 Å². The highest BCUT2D eigenvalue weighted by atomic mass is 16.5. The lowest BCUT2D eigenvalue weighted by atomic mass is 10.0. The Balaban J connectivity index is 1.55. The summed E-state index contributed by atoms with van der Waals surface area (Å²) in [6.07, 6.45) is 4.58. The van der Waals surface area contributed by atoms with Crippen molar-refractivity contribution in [2.75, 3.05) is 29.9 Å². The van der Waals surface area contributed by atoms with Crippen molar-refractivity contribution in [3.05, 3.63) is 80.5 Å². The minimum atomic E-state index is -0.839. The van der Waals surface area contributed by atoms with Gasteiger partial charge in [-0.3, -0.25) is 14.6 Å². The van der Waals surface area contributed by atoms with Gasteiger partial charge < -0.3 is 19.7 Å². The van der Waals surface area contributed by atoms with Crippen LogP contribution in [0.3, 0.4) is 0 Å². The molecule has 1 N–H and O–H groups in total. The molecule has 40 heavy (non-hydrogen) atoms. The standard InChI is InChI=1S/C31H36N4O5/c1-6-35(7-2)27-26(28(36)29(27)37)34-25(31(38)39-8-3)16-20-9-11-23(12-10-20)40-30-24-18-32-14-13-21(24)17-22(33-30)15-19(4)5/h9-14,17-19,25,34H,6-8,15-16H2,1-5H3/t25-/m0/s1. The summed E-state index contributed by atoms with van der Waals surface area (Å²) in [5, 5.41) is 4.84. The van der Waals surface area contributed by atoms with Gasteiger partial charge in [0.2, 0.25) is 5.88 Å². The van der Waals surface area contributed by atoms with Crippen LogP contribution in [0.15, 0.2) is 58.4 Å². The number of hydrogen-bond donors (Lipinski definition) is 1. The Morgan fingerprint density at radius 2 is 1.73 bits per heavy atom. The molecule has 0 saturated heterocycles. The van der Waals surface area contributed by atoms with E-state index in [1.807, 2.05) is 49.1 Å². The first-order valence-corrected chi connectivity index (χ1v) is 13.8. The molecule has 9 nitrogen and oxygen atoms in total. The molecule has 2 aromatic heterocycles. The van der Waals surface area contributed by atoms with Crippen molar-refractivity contribution < 1.29 is 14.3 Å². The van der Waals surface area contributed by atoms with E-state index in [1.165, 1.54) is 0 Å². The van der Waals surface area contributed by atoms with Gasteiger partial charge in [0.15, 0.2) is 0 Å². The number of ether oxygens (including phenoxy) is 2. The summed E-state index contributed by atoms with van der Waals surface area (Å²) in [6.45, 7) is 11.2. The van der Waals surface area contributed by atoms with Crippen LogP contribution in [-0.4, -0.2) is 41.7 Å². The van der Waals surface area contributed by atoms with Crippen LogP contribution in [0.25, 0.3) is 10.8 Å². The lowest BCUT2D eigenvalue weighted by Crippen LogP contribution is -2.46. The highest BCUT2D eigenvalue weighted by molar-refractivity contribution is 5.86. The lowest BCUT2D eigenvalue weighted by Gasteiger charge is -2.27. The van der Waals surface area contributed by atoms with Gasteiger partial charge in [-0.1, -0.05) is 26.0 Å². The van der Waals surface area contributed by atoms with Crippen LogP contribution < -0.4 is 25.8 Å². The fourth-order valence-electron chi connectivity index (χ4n) is 4.72. The van der Waals surface area contributed by atoms with E-state index >= 15 is 0 Å². The molecule has 1 atom stereocenters. The Hall–Kier alpha value is -4.27. The van der Waals surface area contributed by atoms with E-state index in [9.17, 15) is 14.4 Å². The van der Waals surface area contributed by atoms with Crippen LogP contribution in [0.5, 0.6) is 11.6 Å². The molecule has 4 rings (SSSR count). The van der Waals surface area contributed by atoms with E-state index in [0.717, 1.165) is 28.5 Å². The predicted octanol–water partition coefficient (Wildman–Crippen LogP) is 4.65. The molecule has 0 saturated carbocycles. The number of hydrogen-bond acceptors (Lipinski definition) is 9. The number of esters is 1. The third-order valence-corrected chi connectivity index (χ3v) is 6.70. The largest absolute Gasteiger partial charge is 0.464 e. The first-order chi connectivity index (χ1) is 19.2. The van der Waals surface area contributed by atoms with E-state index in [4.69, 9.17) is 14.5 Å². The smallest absolute Gasteiger partial charge is 0.328 e. The molecule has 0 radical (unpaired) electrons. The second-order valence-electron chi connectivity index (χ2n) is 10.1. The molecule has 2 heterocycles. The van der Waals surface area contributed by atoms with Crippen LogP contribution in [0.2, 0.25) is 0 Å². The first kappa shape index (κ1) is 28.7. The zero-order valence-corrected chi connectivity index (χ0v) is 23.7. The highest BCUT2D eigenvalue weighted by Crippen LogP contribution is 2.29. The van der Waals surface area contributed by atoms with Gasteiger partial charge in [0.1, 0.15) is 23.2 Å². The molecule has 0 fully saturated rings. The van der Waals surface area contributed by atoms with E-state index in [-0.39, 0.29) is 18.7 Å². The van der Waals surface area contributed by atoms with Gasteiger partial charge in [0.05, 0.1) is 12.0 Å². The number of nitrogens with one attached hydrogen (secondary N) is 1. The van der Waals surface area contributed by atoms with E-state index in [2.05, 4.69) is 30.2 Å². The van der Waals surface area contributed by atoms with E-state index in [1.54, 1.807) is 19.3 Å². The topological polar surface area (TPSA) is 111 Å². The summed E-state index contributed by atoms with van der Waals surface area (Å²) in [7, 11) is 0. The van der Waals surface area contributed by atoms with Crippen molar-refractivity contribution >= 4 is 28.1 Å². The number of carbonyl (C=O) groups is 1. The van der Waals surface area contributed by atoms with Crippen molar-refractivity contribution in [2.45, 2.75) is 53.5 Å². The maximum Gasteiger partial charge on any atom is 0.328 e. The van der Waals surface area contributed by atoms with Gasteiger partial charge in [0, 0.05) is 37.6 Å². The van der Waals surface area contributed by atoms with Crippen LogP contribution in [0.4, 0.5) is 11.4 Å². The molecule has 0 aliphatic heterocycles. The summed E-state index contributed by atoms with van der Waals surface area (Å²) in [4.78, 5) is 48.3. The number of carbonyl (C=O) groups excluding carboxylic acids is 1. The Labute approximate surface area is 233 Å². The zero-order valence-electron chi connectivity index (χ0n) is 23.7. The SMILES string of the molecule is CCOC(=O)[C@H](Cc1ccc(Oc2nc(CC(C)C)cc3ccncc23)cc1)Nc1c(N(CC)CC)c(=O)c1=O. The zero-order chi connectivity index (χ0) is 28.8. The van der Waals surface area contributed by atoms with Crippen molar-refractivity contribution in [1.29, 1.82) is 0 Å². The quantitative estimate of drug-likeness (QED) is 0.190. The van der Waals surface area contributed by atoms with Gasteiger partial charge in [0.25, 0.3) is 10.9 Å². The van der Waals surface area contributed by atoms with Crippen LogP contribution in [-0.2, 0) is 22.4 Å². The maximum absolute atomic E-state index is 12.8. The Bertz CT molecular complexity index is 1540. The molecule has 0 aliphatic carbocycles. The molecule has 0 amide bonds. The van der Waals surface area contributed by atoms with Crippen molar-refractivity contribution in [3.8, 4) is 11.6 Å². The summed E-state index contributed by atoms with van der Waals surface area (Å²) >= 11 is 0. The third kappa shape index (κ3) is 6.30. The first-order valence-electron chi connectivity index (χ1n) is 13.8. The van der Waals surface area contributed by atoms with Gasteiger partial charge in [-0.05, 0) is 68.3 Å². The molecular formula is C31H36N4O5. The van der Waals surface area contributed by atoms with Crippen LogP contribution >= 0.6 is 0 Å². The lowest BCUT2D eigenvalue weighted by molar-refractivity contribution is -0.144. The maximum atomic E-state index is 12.8. The second-order valence-corrected chi connectivity index (χ2v) is 10.1. The monoisotopic (exact) mass is 544 g/mol. The highest BCUT2D eigenvalue weighted by Gasteiger charge is 2.29. The number of fused-ring (bicyclic) bond motifs is 1. The fraction of sp³-hybridized carbons (Fsp3) is 0.387. The average molecular weight is 545 g/mol. The third-order valence-electron chi connectivity index (χ3n) is 6.70. The van der Waals surface area contributed by atoms with Crippen molar-refractivity contribution in [2.24, 2.45) is 5.92 Å². The molecule has 210 valence electrons. The molecule has 0 bridgehead atoms. The van der Waals surface area contributed by atoms with Gasteiger partial charge in [-0.25, -0.2) is 9.78 Å². The molecule has 4 aromatic rings. The minimum Gasteiger partial charge on any atom is -0.464 e. The second kappa shape index (κ2) is 12.7. The Morgan fingerprint density at radius 1 is 1.00 bits per heavy atom. The summed E-state index contributed by atoms with van der Waals surface area (Å²) in [6, 6.07) is 10.5. The number of aromatic nitrogens is 2. The minimum absolute atomic E-state index is 0.166. The number of pyridine rings is 2. The van der Waals surface area contributed by atoms with Crippen molar-refractivity contribution in [3.63, 3.8) is 0 Å². The molecule has 0 unspecified atom stereocenters. The van der Waals surface area contributed by atoms with Gasteiger partial charge in [-0.15, -0.1) is 0 Å². The number of anilines is 2. The molecular weight excluding hydrogens is 508 g/mol. The Morgan fingerprint density at radius 3 is 2.38 bits per heavy atom. The molecule has 0 spiro atoms. The van der Waals surface area contributed by atoms with E-state index in [0.29, 0.717) is 36.3 Å². The van der Waals surface area contributed by atoms with Crippen LogP contribution in [0, 0.1) is 5.92 Å². The predicted molar refractivity (Wildman–Crippen MR) is 157 cm³/mol. The fourth-order valence-corrected chi connectivity index (χ4v) is 4.72. The molecule has 2 aromatic carbocycles. The molecule has 0 aliphatic rings. The Kier molecular flexibility index (Phi) is 9.14.